The van der Waals surface area contributed by atoms with E-state index in [4.69, 9.17) is 11.6 Å². The van der Waals surface area contributed by atoms with Crippen molar-refractivity contribution in [1.29, 1.82) is 0 Å². The van der Waals surface area contributed by atoms with Gasteiger partial charge in [0.15, 0.2) is 0 Å². The molecule has 5 nitrogen and oxygen atoms in total. The smallest absolute Gasteiger partial charge is 0.233 e. The van der Waals surface area contributed by atoms with Crippen molar-refractivity contribution in [2.45, 2.75) is 25.2 Å². The molecule has 126 valence electrons. The Labute approximate surface area is 150 Å². The van der Waals surface area contributed by atoms with E-state index in [-0.39, 0.29) is 11.3 Å². The maximum Gasteiger partial charge on any atom is 0.233 e. The fourth-order valence-corrected chi connectivity index (χ4v) is 4.19. The predicted octanol–water partition coefficient (Wildman–Crippen LogP) is 2.88. The molecule has 1 aromatic heterocycles. The highest BCUT2D eigenvalue weighted by Crippen LogP contribution is 2.49. The first kappa shape index (κ1) is 15.8. The van der Waals surface area contributed by atoms with E-state index >= 15 is 0 Å². The van der Waals surface area contributed by atoms with E-state index in [1.54, 1.807) is 0 Å². The van der Waals surface area contributed by atoms with Crippen LogP contribution in [-0.4, -0.2) is 46.3 Å². The number of piperazine rings is 1. The third-order valence-electron chi connectivity index (χ3n) is 4.91. The highest BCUT2D eigenvalue weighted by Gasteiger charge is 2.53. The van der Waals surface area contributed by atoms with Crippen LogP contribution in [0.25, 0.3) is 0 Å². The third-order valence-corrected chi connectivity index (χ3v) is 6.03. The van der Waals surface area contributed by atoms with Crippen LogP contribution >= 0.6 is 23.1 Å². The second-order valence-corrected chi connectivity index (χ2v) is 7.66. The molecular formula is C17H19ClN4OS. The molecule has 24 heavy (non-hydrogen) atoms. The average molecular weight is 363 g/mol. The highest BCUT2D eigenvalue weighted by atomic mass is 35.5. The number of hydrogen-bond acceptors (Lipinski definition) is 5. The molecule has 0 radical (unpaired) electrons. The van der Waals surface area contributed by atoms with Crippen LogP contribution in [0.5, 0.6) is 0 Å². The monoisotopic (exact) mass is 362 g/mol. The fraction of sp³-hybridized carbons (Fsp3) is 0.471. The Morgan fingerprint density at radius 1 is 1.17 bits per heavy atom. The Hall–Kier alpha value is -1.66. The maximum absolute atomic E-state index is 13.1. The number of carbonyl (C=O) groups excluding carboxylic acids is 1. The lowest BCUT2D eigenvalue weighted by atomic mass is 9.94. The summed E-state index contributed by atoms with van der Waals surface area (Å²) in [6.45, 7) is 5.02. The highest BCUT2D eigenvalue weighted by molar-refractivity contribution is 7.09. The predicted molar refractivity (Wildman–Crippen MR) is 95.8 cm³/mol. The minimum absolute atomic E-state index is 0.262. The Morgan fingerprint density at radius 2 is 1.83 bits per heavy atom. The number of aromatic nitrogens is 2. The summed E-state index contributed by atoms with van der Waals surface area (Å²) in [6.07, 6.45) is 1.87. The summed E-state index contributed by atoms with van der Waals surface area (Å²) in [6, 6.07) is 7.74. The van der Waals surface area contributed by atoms with Crippen LogP contribution in [0.15, 0.2) is 24.3 Å². The summed E-state index contributed by atoms with van der Waals surface area (Å²) in [5.74, 6) is 1.08. The Balaban J connectivity index is 1.44. The van der Waals surface area contributed by atoms with Gasteiger partial charge in [-0.2, -0.15) is 4.37 Å². The van der Waals surface area contributed by atoms with E-state index in [0.717, 1.165) is 55.5 Å². The molecule has 1 saturated carbocycles. The molecule has 2 aromatic rings. The molecule has 0 bridgehead atoms. The number of anilines is 1. The summed E-state index contributed by atoms with van der Waals surface area (Å²) < 4.78 is 4.24. The molecule has 2 fully saturated rings. The molecule has 1 aliphatic carbocycles. The SMILES string of the molecule is Cc1nsc(N2CCN(C(=O)C3(c4ccc(Cl)cc4)CC3)CC2)n1. The van der Waals surface area contributed by atoms with Gasteiger partial charge in [0.2, 0.25) is 11.0 Å². The van der Waals surface area contributed by atoms with Crippen molar-refractivity contribution in [2.24, 2.45) is 0 Å². The first-order valence-electron chi connectivity index (χ1n) is 8.19. The lowest BCUT2D eigenvalue weighted by molar-refractivity contribution is -0.134. The molecular weight excluding hydrogens is 344 g/mol. The number of benzene rings is 1. The maximum atomic E-state index is 13.1. The van der Waals surface area contributed by atoms with Crippen LogP contribution < -0.4 is 4.90 Å². The molecule has 4 rings (SSSR count). The molecule has 0 unspecified atom stereocenters. The average Bonchev–Trinajstić information content (AvgIpc) is 3.30. The molecule has 2 aliphatic rings. The van der Waals surface area contributed by atoms with Crippen LogP contribution in [0.4, 0.5) is 5.13 Å². The number of rotatable bonds is 3. The molecule has 1 amide bonds. The third kappa shape index (κ3) is 2.78. The van der Waals surface area contributed by atoms with Gasteiger partial charge in [0.1, 0.15) is 5.82 Å². The summed E-state index contributed by atoms with van der Waals surface area (Å²) in [7, 11) is 0. The minimum Gasteiger partial charge on any atom is -0.343 e. The Kier molecular flexibility index (Phi) is 3.96. The van der Waals surface area contributed by atoms with E-state index in [2.05, 4.69) is 14.3 Å². The zero-order chi connectivity index (χ0) is 16.7. The van der Waals surface area contributed by atoms with Crippen LogP contribution in [0, 0.1) is 6.92 Å². The van der Waals surface area contributed by atoms with Crippen molar-refractivity contribution in [2.75, 3.05) is 31.1 Å². The van der Waals surface area contributed by atoms with Gasteiger partial charge in [0, 0.05) is 42.7 Å². The van der Waals surface area contributed by atoms with Gasteiger partial charge in [-0.15, -0.1) is 0 Å². The normalized spacial score (nSPS) is 19.4. The lowest BCUT2D eigenvalue weighted by Crippen LogP contribution is -2.51. The summed E-state index contributed by atoms with van der Waals surface area (Å²) in [5, 5.41) is 1.67. The Bertz CT molecular complexity index is 748. The summed E-state index contributed by atoms with van der Waals surface area (Å²) in [5.41, 5.74) is 0.783. The van der Waals surface area contributed by atoms with Crippen molar-refractivity contribution in [3.8, 4) is 0 Å². The number of aryl methyl sites for hydroxylation is 1. The molecule has 0 atom stereocenters. The van der Waals surface area contributed by atoms with Crippen molar-refractivity contribution in [1.82, 2.24) is 14.3 Å². The van der Waals surface area contributed by atoms with E-state index in [0.29, 0.717) is 5.02 Å². The zero-order valence-corrected chi connectivity index (χ0v) is 15.1. The Morgan fingerprint density at radius 3 is 2.38 bits per heavy atom. The molecule has 7 heteroatoms. The van der Waals surface area contributed by atoms with Gasteiger partial charge in [-0.05, 0) is 37.5 Å². The van der Waals surface area contributed by atoms with Crippen molar-refractivity contribution in [3.63, 3.8) is 0 Å². The molecule has 0 spiro atoms. The van der Waals surface area contributed by atoms with E-state index in [1.807, 2.05) is 36.1 Å². The number of nitrogens with zero attached hydrogens (tertiary/aromatic N) is 4. The summed E-state index contributed by atoms with van der Waals surface area (Å²) in [4.78, 5) is 21.7. The summed E-state index contributed by atoms with van der Waals surface area (Å²) >= 11 is 7.41. The van der Waals surface area contributed by atoms with E-state index in [1.165, 1.54) is 11.5 Å². The largest absolute Gasteiger partial charge is 0.343 e. The second kappa shape index (κ2) is 6.01. The zero-order valence-electron chi connectivity index (χ0n) is 13.5. The van der Waals surface area contributed by atoms with Crippen molar-refractivity contribution < 1.29 is 4.79 Å². The fourth-order valence-electron chi connectivity index (χ4n) is 3.34. The van der Waals surface area contributed by atoms with Gasteiger partial charge in [-0.3, -0.25) is 4.79 Å². The standard InChI is InChI=1S/C17H19ClN4OS/c1-12-19-16(24-20-12)22-10-8-21(9-11-22)15(23)17(6-7-17)13-2-4-14(18)5-3-13/h2-5H,6-11H2,1H3. The van der Waals surface area contributed by atoms with Crippen LogP contribution in [0.1, 0.15) is 24.2 Å². The van der Waals surface area contributed by atoms with Crippen LogP contribution in [-0.2, 0) is 10.2 Å². The van der Waals surface area contributed by atoms with Crippen LogP contribution in [0.2, 0.25) is 5.02 Å². The van der Waals surface area contributed by atoms with Gasteiger partial charge in [-0.25, -0.2) is 4.98 Å². The van der Waals surface area contributed by atoms with Gasteiger partial charge >= 0.3 is 0 Å². The van der Waals surface area contributed by atoms with Crippen LogP contribution in [0.3, 0.4) is 0 Å². The number of carbonyl (C=O) groups is 1. The van der Waals surface area contributed by atoms with Gasteiger partial charge in [-0.1, -0.05) is 23.7 Å². The molecule has 1 aromatic carbocycles. The molecule has 2 heterocycles. The van der Waals surface area contributed by atoms with Crippen molar-refractivity contribution >= 4 is 34.2 Å². The molecule has 1 saturated heterocycles. The number of halogens is 1. The minimum atomic E-state index is -0.313. The topological polar surface area (TPSA) is 49.3 Å². The first-order chi connectivity index (χ1) is 11.6. The van der Waals surface area contributed by atoms with E-state index in [9.17, 15) is 4.79 Å². The second-order valence-electron chi connectivity index (χ2n) is 6.49. The quantitative estimate of drug-likeness (QED) is 0.842. The van der Waals surface area contributed by atoms with Crippen molar-refractivity contribution in [3.05, 3.63) is 40.7 Å². The van der Waals surface area contributed by atoms with E-state index < -0.39 is 0 Å². The van der Waals surface area contributed by atoms with Gasteiger partial charge in [0.25, 0.3) is 0 Å². The first-order valence-corrected chi connectivity index (χ1v) is 9.34. The molecule has 0 N–H and O–H groups in total. The molecule has 1 aliphatic heterocycles. The van der Waals surface area contributed by atoms with Gasteiger partial charge in [0.05, 0.1) is 5.41 Å². The number of hydrogen-bond donors (Lipinski definition) is 0. The van der Waals surface area contributed by atoms with Gasteiger partial charge < -0.3 is 9.80 Å². The lowest BCUT2D eigenvalue weighted by Gasteiger charge is -2.36. The number of amides is 1.